The zero-order valence-corrected chi connectivity index (χ0v) is 16.3. The molecule has 0 spiro atoms. The van der Waals surface area contributed by atoms with Gasteiger partial charge in [0.1, 0.15) is 5.75 Å². The highest BCUT2D eigenvalue weighted by molar-refractivity contribution is 7.15. The largest absolute Gasteiger partial charge is 0.483 e. The van der Waals surface area contributed by atoms with Gasteiger partial charge in [-0.1, -0.05) is 12.1 Å². The number of rotatable bonds is 6. The van der Waals surface area contributed by atoms with Gasteiger partial charge in [-0.05, 0) is 44.0 Å². The number of likely N-dealkylation sites (N-methyl/N-ethyl adjacent to an activating group) is 1. The first-order valence-corrected chi connectivity index (χ1v) is 9.76. The fourth-order valence-electron chi connectivity index (χ4n) is 2.85. The van der Waals surface area contributed by atoms with Crippen molar-refractivity contribution in [2.45, 2.75) is 18.8 Å². The molecule has 1 aliphatic rings. The number of benzene rings is 1. The average Bonchev–Trinajstić information content (AvgIpc) is 3.15. The number of para-hydroxylation sites is 1. The second kappa shape index (κ2) is 8.96. The maximum absolute atomic E-state index is 12.7. The molecule has 1 aromatic carbocycles. The van der Waals surface area contributed by atoms with Crippen LogP contribution in [0.1, 0.15) is 34.0 Å². The van der Waals surface area contributed by atoms with Gasteiger partial charge in [-0.3, -0.25) is 14.9 Å². The molecule has 3 rings (SSSR count). The third kappa shape index (κ3) is 5.05. The molecule has 8 heteroatoms. The van der Waals surface area contributed by atoms with Crippen LogP contribution in [0.25, 0.3) is 0 Å². The molecule has 2 heterocycles. The molecule has 0 bridgehead atoms. The molecule has 2 aromatic rings. The van der Waals surface area contributed by atoms with Gasteiger partial charge in [0.05, 0.1) is 5.56 Å². The van der Waals surface area contributed by atoms with Crippen molar-refractivity contribution in [3.05, 3.63) is 40.9 Å². The number of amides is 2. The van der Waals surface area contributed by atoms with Gasteiger partial charge in [-0.25, -0.2) is 4.98 Å². The standard InChI is InChI=1S/C19H24N4O3S/c1-23(2)17(24)12-26-15-6-4-3-5-14(15)18(25)22-19-21-11-16(27-19)13-7-9-20-10-8-13/h3-6,11,13,20H,7-10,12H2,1-2H3,(H,21,22,25). The third-order valence-corrected chi connectivity index (χ3v) is 5.54. The number of hydrogen-bond acceptors (Lipinski definition) is 6. The first kappa shape index (κ1) is 19.3. The molecule has 1 fully saturated rings. The predicted octanol–water partition coefficient (Wildman–Crippen LogP) is 2.33. The van der Waals surface area contributed by atoms with Crippen LogP contribution in [-0.2, 0) is 4.79 Å². The first-order valence-electron chi connectivity index (χ1n) is 8.94. The average molecular weight is 388 g/mol. The molecule has 2 amide bonds. The zero-order chi connectivity index (χ0) is 19.2. The van der Waals surface area contributed by atoms with Gasteiger partial charge in [0.15, 0.2) is 11.7 Å². The van der Waals surface area contributed by atoms with Gasteiger partial charge >= 0.3 is 0 Å². The molecular formula is C19H24N4O3S. The van der Waals surface area contributed by atoms with E-state index in [1.54, 1.807) is 38.4 Å². The number of hydrogen-bond donors (Lipinski definition) is 2. The number of ether oxygens (including phenoxy) is 1. The number of carbonyl (C=O) groups excluding carboxylic acids is 2. The van der Waals surface area contributed by atoms with Gasteiger partial charge < -0.3 is 15.0 Å². The smallest absolute Gasteiger partial charge is 0.261 e. The van der Waals surface area contributed by atoms with Crippen LogP contribution in [0.15, 0.2) is 30.5 Å². The minimum atomic E-state index is -0.297. The number of piperidine rings is 1. The summed E-state index contributed by atoms with van der Waals surface area (Å²) in [7, 11) is 3.32. The van der Waals surface area contributed by atoms with E-state index in [0.717, 1.165) is 25.9 Å². The summed E-state index contributed by atoms with van der Waals surface area (Å²) in [6.07, 6.45) is 4.03. The van der Waals surface area contributed by atoms with Crippen LogP contribution in [0.2, 0.25) is 0 Å². The second-order valence-electron chi connectivity index (χ2n) is 6.62. The van der Waals surface area contributed by atoms with Gasteiger partial charge in [0.25, 0.3) is 11.8 Å². The monoisotopic (exact) mass is 388 g/mol. The second-order valence-corrected chi connectivity index (χ2v) is 7.68. The highest BCUT2D eigenvalue weighted by Crippen LogP contribution is 2.32. The van der Waals surface area contributed by atoms with E-state index >= 15 is 0 Å². The minimum Gasteiger partial charge on any atom is -0.483 e. The Labute approximate surface area is 162 Å². The van der Waals surface area contributed by atoms with Crippen molar-refractivity contribution in [2.75, 3.05) is 39.1 Å². The van der Waals surface area contributed by atoms with E-state index in [0.29, 0.717) is 22.4 Å². The van der Waals surface area contributed by atoms with Crippen LogP contribution in [0.3, 0.4) is 0 Å². The maximum atomic E-state index is 12.7. The Hall–Kier alpha value is -2.45. The van der Waals surface area contributed by atoms with Gasteiger partial charge in [-0.2, -0.15) is 0 Å². The van der Waals surface area contributed by atoms with E-state index in [2.05, 4.69) is 15.6 Å². The molecule has 1 aromatic heterocycles. The lowest BCUT2D eigenvalue weighted by molar-refractivity contribution is -0.130. The lowest BCUT2D eigenvalue weighted by Gasteiger charge is -2.20. The Balaban J connectivity index is 1.66. The molecule has 144 valence electrons. The topological polar surface area (TPSA) is 83.6 Å². The number of nitrogens with one attached hydrogen (secondary N) is 2. The van der Waals surface area contributed by atoms with Gasteiger partial charge in [0.2, 0.25) is 0 Å². The highest BCUT2D eigenvalue weighted by atomic mass is 32.1. The number of nitrogens with zero attached hydrogens (tertiary/aromatic N) is 2. The van der Waals surface area contributed by atoms with E-state index in [4.69, 9.17) is 4.74 Å². The minimum absolute atomic E-state index is 0.117. The van der Waals surface area contributed by atoms with Crippen molar-refractivity contribution in [3.8, 4) is 5.75 Å². The van der Waals surface area contributed by atoms with Crippen molar-refractivity contribution >= 4 is 28.3 Å². The quantitative estimate of drug-likeness (QED) is 0.794. The van der Waals surface area contributed by atoms with E-state index in [-0.39, 0.29) is 18.4 Å². The summed E-state index contributed by atoms with van der Waals surface area (Å²) in [5, 5.41) is 6.77. The van der Waals surface area contributed by atoms with Crippen molar-refractivity contribution in [3.63, 3.8) is 0 Å². The van der Waals surface area contributed by atoms with E-state index in [1.807, 2.05) is 6.20 Å². The summed E-state index contributed by atoms with van der Waals surface area (Å²) in [6.45, 7) is 1.91. The van der Waals surface area contributed by atoms with Crippen molar-refractivity contribution < 1.29 is 14.3 Å². The number of aromatic nitrogens is 1. The summed E-state index contributed by atoms with van der Waals surface area (Å²) < 4.78 is 5.54. The lowest BCUT2D eigenvalue weighted by atomic mass is 9.97. The number of thiazole rings is 1. The lowest BCUT2D eigenvalue weighted by Crippen LogP contribution is -2.28. The molecule has 1 aliphatic heterocycles. The molecule has 1 saturated heterocycles. The summed E-state index contributed by atoms with van der Waals surface area (Å²) >= 11 is 1.52. The molecule has 0 unspecified atom stereocenters. The third-order valence-electron chi connectivity index (χ3n) is 4.47. The predicted molar refractivity (Wildman–Crippen MR) is 106 cm³/mol. The summed E-state index contributed by atoms with van der Waals surface area (Å²) in [5.74, 6) is 0.410. The van der Waals surface area contributed by atoms with E-state index in [1.165, 1.54) is 21.1 Å². The van der Waals surface area contributed by atoms with E-state index in [9.17, 15) is 9.59 Å². The fourth-order valence-corrected chi connectivity index (χ4v) is 3.83. The van der Waals surface area contributed by atoms with Crippen LogP contribution >= 0.6 is 11.3 Å². The molecule has 0 radical (unpaired) electrons. The first-order chi connectivity index (χ1) is 13.0. The van der Waals surface area contributed by atoms with Crippen LogP contribution in [0.4, 0.5) is 5.13 Å². The molecule has 7 nitrogen and oxygen atoms in total. The van der Waals surface area contributed by atoms with Crippen LogP contribution in [0.5, 0.6) is 5.75 Å². The summed E-state index contributed by atoms with van der Waals surface area (Å²) in [5.41, 5.74) is 0.377. The molecular weight excluding hydrogens is 364 g/mol. The Bertz CT molecular complexity index is 800. The van der Waals surface area contributed by atoms with Crippen LogP contribution in [-0.4, -0.2) is 55.5 Å². The van der Waals surface area contributed by atoms with Crippen LogP contribution < -0.4 is 15.4 Å². The summed E-state index contributed by atoms with van der Waals surface area (Å²) in [4.78, 5) is 31.4. The van der Waals surface area contributed by atoms with Gasteiger partial charge in [-0.15, -0.1) is 11.3 Å². The summed E-state index contributed by atoms with van der Waals surface area (Å²) in [6, 6.07) is 6.88. The molecule has 0 atom stereocenters. The van der Waals surface area contributed by atoms with Crippen LogP contribution in [0, 0.1) is 0 Å². The van der Waals surface area contributed by atoms with Crippen molar-refractivity contribution in [1.29, 1.82) is 0 Å². The fraction of sp³-hybridized carbons (Fsp3) is 0.421. The van der Waals surface area contributed by atoms with Gasteiger partial charge in [0, 0.05) is 25.2 Å². The zero-order valence-electron chi connectivity index (χ0n) is 15.5. The molecule has 0 aliphatic carbocycles. The Kier molecular flexibility index (Phi) is 6.41. The Morgan fingerprint density at radius 2 is 2.04 bits per heavy atom. The SMILES string of the molecule is CN(C)C(=O)COc1ccccc1C(=O)Nc1ncc(C2CCNCC2)s1. The number of anilines is 1. The number of carbonyl (C=O) groups is 2. The van der Waals surface area contributed by atoms with Crippen molar-refractivity contribution in [1.82, 2.24) is 15.2 Å². The molecule has 0 saturated carbocycles. The normalized spacial score (nSPS) is 14.6. The van der Waals surface area contributed by atoms with Crippen molar-refractivity contribution in [2.24, 2.45) is 0 Å². The van der Waals surface area contributed by atoms with E-state index < -0.39 is 0 Å². The molecule has 27 heavy (non-hydrogen) atoms. The maximum Gasteiger partial charge on any atom is 0.261 e. The molecule has 2 N–H and O–H groups in total. The Morgan fingerprint density at radius 3 is 2.78 bits per heavy atom. The highest BCUT2D eigenvalue weighted by Gasteiger charge is 2.19. The Morgan fingerprint density at radius 1 is 1.30 bits per heavy atom.